The van der Waals surface area contributed by atoms with Gasteiger partial charge in [-0.15, -0.1) is 11.3 Å². The largest absolute Gasteiger partial charge is 0.433 e. The fourth-order valence-electron chi connectivity index (χ4n) is 3.42. The summed E-state index contributed by atoms with van der Waals surface area (Å²) in [6.45, 7) is 4.35. The highest BCUT2D eigenvalue weighted by molar-refractivity contribution is 7.15. The molecule has 0 saturated carbocycles. The van der Waals surface area contributed by atoms with E-state index in [1.807, 2.05) is 25.1 Å². The summed E-state index contributed by atoms with van der Waals surface area (Å²) in [4.78, 5) is 26.7. The Balaban J connectivity index is 1.51. The molecule has 1 aliphatic heterocycles. The van der Waals surface area contributed by atoms with Crippen LogP contribution < -0.4 is 10.6 Å². The van der Waals surface area contributed by atoms with Gasteiger partial charge in [0, 0.05) is 31.2 Å². The van der Waals surface area contributed by atoms with Crippen LogP contribution in [0.2, 0.25) is 0 Å². The second-order valence-electron chi connectivity index (χ2n) is 7.51. The lowest BCUT2D eigenvalue weighted by Crippen LogP contribution is -2.32. The maximum atomic E-state index is 12.9. The van der Waals surface area contributed by atoms with Gasteiger partial charge in [0.1, 0.15) is 10.7 Å². The van der Waals surface area contributed by atoms with Crippen molar-refractivity contribution in [2.75, 3.05) is 25.0 Å². The minimum Gasteiger partial charge on any atom is -0.355 e. The summed E-state index contributed by atoms with van der Waals surface area (Å²) in [7, 11) is 0. The van der Waals surface area contributed by atoms with Crippen LogP contribution in [-0.2, 0) is 17.5 Å². The third-order valence-electron chi connectivity index (χ3n) is 4.82. The Hall–Kier alpha value is -3.05. The first-order chi connectivity index (χ1) is 15.3. The molecule has 0 aliphatic carbocycles. The van der Waals surface area contributed by atoms with Crippen LogP contribution >= 0.6 is 11.3 Å². The van der Waals surface area contributed by atoms with Gasteiger partial charge >= 0.3 is 6.18 Å². The summed E-state index contributed by atoms with van der Waals surface area (Å²) >= 11 is 1.52. The topological polar surface area (TPSA) is 83.0 Å². The van der Waals surface area contributed by atoms with Gasteiger partial charge in [-0.25, -0.2) is 15.0 Å². The molecular weight excluding hydrogens is 441 g/mol. The number of amides is 1. The van der Waals surface area contributed by atoms with Crippen LogP contribution in [0, 0.1) is 6.92 Å². The molecule has 0 bridgehead atoms. The van der Waals surface area contributed by atoms with Crippen molar-refractivity contribution in [3.8, 4) is 10.4 Å². The number of nitrogens with zero attached hydrogens (tertiary/aromatic N) is 4. The average molecular weight is 463 g/mol. The van der Waals surface area contributed by atoms with Gasteiger partial charge in [0.15, 0.2) is 0 Å². The molecule has 2 N–H and O–H groups in total. The number of benzene rings is 1. The third kappa shape index (κ3) is 5.60. The van der Waals surface area contributed by atoms with Gasteiger partial charge in [-0.3, -0.25) is 9.69 Å². The molecule has 3 aromatic rings. The molecule has 1 amide bonds. The molecule has 1 saturated heterocycles. The van der Waals surface area contributed by atoms with Crippen LogP contribution in [0.3, 0.4) is 0 Å². The second kappa shape index (κ2) is 9.21. The number of anilines is 2. The van der Waals surface area contributed by atoms with Crippen LogP contribution in [0.4, 0.5) is 24.8 Å². The minimum absolute atomic E-state index is 0.0190. The molecule has 0 radical (unpaired) electrons. The van der Waals surface area contributed by atoms with Gasteiger partial charge in [0.05, 0.1) is 18.0 Å². The van der Waals surface area contributed by atoms with Crippen LogP contribution in [0.15, 0.2) is 36.7 Å². The number of carbonyl (C=O) groups is 1. The van der Waals surface area contributed by atoms with Gasteiger partial charge in [-0.1, -0.05) is 6.07 Å². The summed E-state index contributed by atoms with van der Waals surface area (Å²) in [5.74, 6) is -0.105. The molecular formula is C21H21F3N6OS. The van der Waals surface area contributed by atoms with Gasteiger partial charge in [0.25, 0.3) is 0 Å². The number of hydrogen-bond acceptors (Lipinski definition) is 7. The lowest BCUT2D eigenvalue weighted by Gasteiger charge is -2.16. The van der Waals surface area contributed by atoms with Gasteiger partial charge in [0.2, 0.25) is 11.9 Å². The smallest absolute Gasteiger partial charge is 0.355 e. The fourth-order valence-corrected chi connectivity index (χ4v) is 4.36. The molecule has 2 aromatic heterocycles. The number of nitrogens with one attached hydrogen (secondary N) is 2. The number of hydrogen-bond donors (Lipinski definition) is 2. The molecule has 1 aromatic carbocycles. The lowest BCUT2D eigenvalue weighted by molar-refractivity contribution is -0.141. The van der Waals surface area contributed by atoms with Gasteiger partial charge < -0.3 is 10.6 Å². The maximum absolute atomic E-state index is 12.9. The minimum atomic E-state index is -4.54. The first-order valence-electron chi connectivity index (χ1n) is 9.99. The zero-order chi connectivity index (χ0) is 22.7. The van der Waals surface area contributed by atoms with Crippen molar-refractivity contribution in [3.63, 3.8) is 0 Å². The van der Waals surface area contributed by atoms with E-state index in [4.69, 9.17) is 0 Å². The molecule has 4 rings (SSSR count). The first-order valence-corrected chi connectivity index (χ1v) is 10.8. The van der Waals surface area contributed by atoms with Crippen molar-refractivity contribution in [1.29, 1.82) is 0 Å². The van der Waals surface area contributed by atoms with E-state index in [9.17, 15) is 18.0 Å². The van der Waals surface area contributed by atoms with E-state index >= 15 is 0 Å². The van der Waals surface area contributed by atoms with E-state index in [1.54, 1.807) is 6.20 Å². The fraction of sp³-hybridized carbons (Fsp3) is 0.333. The summed E-state index contributed by atoms with van der Waals surface area (Å²) in [6.07, 6.45) is -0.788. The quantitative estimate of drug-likeness (QED) is 0.597. The number of thiazole rings is 1. The van der Waals surface area contributed by atoms with E-state index in [1.165, 1.54) is 11.3 Å². The average Bonchev–Trinajstić information content (AvgIpc) is 3.09. The van der Waals surface area contributed by atoms with Crippen LogP contribution in [-0.4, -0.2) is 45.4 Å². The zero-order valence-electron chi connectivity index (χ0n) is 17.2. The molecule has 0 atom stereocenters. The van der Waals surface area contributed by atoms with Crippen molar-refractivity contribution in [2.24, 2.45) is 0 Å². The SMILES string of the molecule is Cc1cc(Nc2nccc(C(F)(F)F)n2)cc(-c2cnc(CN3CCCNC(=O)C3)s2)c1. The molecule has 1 fully saturated rings. The number of aromatic nitrogens is 3. The van der Waals surface area contributed by atoms with Crippen LogP contribution in [0.25, 0.3) is 10.4 Å². The summed E-state index contributed by atoms with van der Waals surface area (Å²) in [5.41, 5.74) is 1.39. The van der Waals surface area contributed by atoms with Crippen molar-refractivity contribution in [3.05, 3.63) is 52.9 Å². The molecule has 11 heteroatoms. The van der Waals surface area contributed by atoms with Crippen LogP contribution in [0.1, 0.15) is 22.7 Å². The van der Waals surface area contributed by atoms with Crippen molar-refractivity contribution in [1.82, 2.24) is 25.2 Å². The Kier molecular flexibility index (Phi) is 6.38. The maximum Gasteiger partial charge on any atom is 0.433 e. The highest BCUT2D eigenvalue weighted by Crippen LogP contribution is 2.32. The molecule has 0 unspecified atom stereocenters. The lowest BCUT2D eigenvalue weighted by atomic mass is 10.1. The van der Waals surface area contributed by atoms with E-state index in [-0.39, 0.29) is 11.9 Å². The normalized spacial score (nSPS) is 15.3. The van der Waals surface area contributed by atoms with Crippen molar-refractivity contribution < 1.29 is 18.0 Å². The molecule has 7 nitrogen and oxygen atoms in total. The summed E-state index contributed by atoms with van der Waals surface area (Å²) in [5, 5.41) is 6.61. The highest BCUT2D eigenvalue weighted by Gasteiger charge is 2.32. The molecule has 0 spiro atoms. The van der Waals surface area contributed by atoms with Gasteiger partial charge in [-0.05, 0) is 42.7 Å². The predicted octanol–water partition coefficient (Wildman–Crippen LogP) is 3.99. The standard InChI is InChI=1S/C21H21F3N6OS/c1-13-7-14(9-15(8-13)28-20-26-5-3-17(29-20)21(22,23)24)16-10-27-19(32-16)12-30-6-2-4-25-18(31)11-30/h3,5,7-10H,2,4,6,11-12H2,1H3,(H,25,31)(H,26,28,29). The Morgan fingerprint density at radius 2 is 2.09 bits per heavy atom. The molecule has 168 valence electrons. The number of rotatable bonds is 5. The van der Waals surface area contributed by atoms with Crippen molar-refractivity contribution >= 4 is 28.9 Å². The monoisotopic (exact) mass is 462 g/mol. The van der Waals surface area contributed by atoms with E-state index < -0.39 is 11.9 Å². The Morgan fingerprint density at radius 1 is 1.25 bits per heavy atom. The Bertz CT molecular complexity index is 1120. The van der Waals surface area contributed by atoms with Crippen LogP contribution in [0.5, 0.6) is 0 Å². The first kappa shape index (κ1) is 22.2. The molecule has 32 heavy (non-hydrogen) atoms. The third-order valence-corrected chi connectivity index (χ3v) is 5.85. The van der Waals surface area contributed by atoms with Gasteiger partial charge in [-0.2, -0.15) is 13.2 Å². The zero-order valence-corrected chi connectivity index (χ0v) is 18.1. The highest BCUT2D eigenvalue weighted by atomic mass is 32.1. The summed E-state index contributed by atoms with van der Waals surface area (Å²) < 4.78 is 38.8. The summed E-state index contributed by atoms with van der Waals surface area (Å²) in [6, 6.07) is 6.45. The molecule has 3 heterocycles. The number of carbonyl (C=O) groups excluding carboxylic acids is 1. The Labute approximate surface area is 186 Å². The number of halogens is 3. The second-order valence-corrected chi connectivity index (χ2v) is 8.62. The number of alkyl halides is 3. The van der Waals surface area contributed by atoms with E-state index in [0.717, 1.165) is 46.2 Å². The predicted molar refractivity (Wildman–Crippen MR) is 116 cm³/mol. The van der Waals surface area contributed by atoms with E-state index in [2.05, 4.69) is 30.5 Å². The van der Waals surface area contributed by atoms with E-state index in [0.29, 0.717) is 25.3 Å². The Morgan fingerprint density at radius 3 is 2.91 bits per heavy atom. The number of aryl methyl sites for hydroxylation is 1. The van der Waals surface area contributed by atoms with Crippen molar-refractivity contribution in [2.45, 2.75) is 26.1 Å². The molecule has 1 aliphatic rings.